The maximum Gasteiger partial charge on any atom is 0.254 e. The van der Waals surface area contributed by atoms with E-state index in [9.17, 15) is 4.79 Å². The molecule has 0 aromatic heterocycles. The molecule has 17 heavy (non-hydrogen) atoms. The zero-order valence-corrected chi connectivity index (χ0v) is 10.7. The number of carbonyl (C=O) groups excluding carboxylic acids is 1. The molecule has 0 saturated carbocycles. The molecule has 1 heterocycles. The van der Waals surface area contributed by atoms with Crippen molar-refractivity contribution in [2.45, 2.75) is 45.7 Å². The minimum Gasteiger partial charge on any atom is -0.399 e. The fraction of sp³-hybridized carbons (Fsp3) is 0.500. The lowest BCUT2D eigenvalue weighted by molar-refractivity contribution is 0.0692. The first kappa shape index (κ1) is 12.0. The number of nitrogens with two attached hydrogens (primary N) is 1. The number of nitrogens with zero attached hydrogens (tertiary/aromatic N) is 1. The normalized spacial score (nSPS) is 24.1. The number of nitrogen functional groups attached to an aromatic ring is 1. The van der Waals surface area contributed by atoms with E-state index in [4.69, 9.17) is 5.73 Å². The Morgan fingerprint density at radius 3 is 2.47 bits per heavy atom. The molecule has 2 rings (SSSR count). The van der Waals surface area contributed by atoms with Gasteiger partial charge in [0.15, 0.2) is 0 Å². The summed E-state index contributed by atoms with van der Waals surface area (Å²) in [5.74, 6) is 0.118. The standard InChI is InChI=1S/C14H20N2O/c1-9-4-7-12(15)8-13(9)14(17)16-10(2)5-6-11(16)3/h4,7-8,10-11H,5-6,15H2,1-3H3. The summed E-state index contributed by atoms with van der Waals surface area (Å²) >= 11 is 0. The molecule has 1 aliphatic rings. The van der Waals surface area contributed by atoms with Crippen LogP contribution in [0.1, 0.15) is 42.6 Å². The molecule has 2 N–H and O–H groups in total. The molecule has 1 amide bonds. The minimum atomic E-state index is 0.118. The van der Waals surface area contributed by atoms with Gasteiger partial charge in [0.25, 0.3) is 5.91 Å². The van der Waals surface area contributed by atoms with Crippen LogP contribution in [-0.4, -0.2) is 22.9 Å². The lowest BCUT2D eigenvalue weighted by Gasteiger charge is -2.27. The Balaban J connectivity index is 2.33. The Hall–Kier alpha value is -1.51. The van der Waals surface area contributed by atoms with E-state index < -0.39 is 0 Å². The van der Waals surface area contributed by atoms with Crippen molar-refractivity contribution < 1.29 is 4.79 Å². The van der Waals surface area contributed by atoms with Crippen molar-refractivity contribution in [3.05, 3.63) is 29.3 Å². The van der Waals surface area contributed by atoms with Crippen molar-refractivity contribution in [2.24, 2.45) is 0 Å². The van der Waals surface area contributed by atoms with Gasteiger partial charge in [0.05, 0.1) is 0 Å². The summed E-state index contributed by atoms with van der Waals surface area (Å²) in [4.78, 5) is 14.5. The molecule has 2 unspecified atom stereocenters. The van der Waals surface area contributed by atoms with Gasteiger partial charge in [0.2, 0.25) is 0 Å². The van der Waals surface area contributed by atoms with Crippen molar-refractivity contribution in [1.82, 2.24) is 4.90 Å². The smallest absolute Gasteiger partial charge is 0.254 e. The third kappa shape index (κ3) is 2.14. The first-order chi connectivity index (χ1) is 8.00. The van der Waals surface area contributed by atoms with Crippen LogP contribution in [0, 0.1) is 6.92 Å². The summed E-state index contributed by atoms with van der Waals surface area (Å²) in [6, 6.07) is 6.20. The average molecular weight is 232 g/mol. The maximum atomic E-state index is 12.5. The molecule has 2 atom stereocenters. The van der Waals surface area contributed by atoms with Crippen LogP contribution >= 0.6 is 0 Å². The van der Waals surface area contributed by atoms with Crippen LogP contribution in [0.2, 0.25) is 0 Å². The Labute approximate surface area is 103 Å². The number of amides is 1. The van der Waals surface area contributed by atoms with E-state index in [2.05, 4.69) is 13.8 Å². The van der Waals surface area contributed by atoms with Crippen molar-refractivity contribution in [3.8, 4) is 0 Å². The highest BCUT2D eigenvalue weighted by Gasteiger charge is 2.32. The Morgan fingerprint density at radius 1 is 1.29 bits per heavy atom. The van der Waals surface area contributed by atoms with E-state index in [0.717, 1.165) is 24.0 Å². The largest absolute Gasteiger partial charge is 0.399 e. The van der Waals surface area contributed by atoms with Gasteiger partial charge < -0.3 is 10.6 Å². The van der Waals surface area contributed by atoms with Gasteiger partial charge in [-0.05, 0) is 51.3 Å². The topological polar surface area (TPSA) is 46.3 Å². The third-order valence-corrected chi connectivity index (χ3v) is 3.68. The lowest BCUT2D eigenvalue weighted by atomic mass is 10.1. The Morgan fingerprint density at radius 2 is 1.88 bits per heavy atom. The summed E-state index contributed by atoms with van der Waals surface area (Å²) in [5, 5.41) is 0. The van der Waals surface area contributed by atoms with E-state index in [1.165, 1.54) is 0 Å². The molecular formula is C14H20N2O. The minimum absolute atomic E-state index is 0.118. The molecule has 1 saturated heterocycles. The van der Waals surface area contributed by atoms with Gasteiger partial charge >= 0.3 is 0 Å². The Bertz CT molecular complexity index is 432. The first-order valence-corrected chi connectivity index (χ1v) is 6.19. The predicted octanol–water partition coefficient (Wildman–Crippen LogP) is 2.59. The molecule has 0 bridgehead atoms. The monoisotopic (exact) mass is 232 g/mol. The van der Waals surface area contributed by atoms with Crippen LogP contribution in [0.4, 0.5) is 5.69 Å². The van der Waals surface area contributed by atoms with Gasteiger partial charge in [-0.3, -0.25) is 4.79 Å². The number of rotatable bonds is 1. The number of carbonyl (C=O) groups is 1. The number of likely N-dealkylation sites (tertiary alicyclic amines) is 1. The van der Waals surface area contributed by atoms with Gasteiger partial charge in [-0.15, -0.1) is 0 Å². The summed E-state index contributed by atoms with van der Waals surface area (Å²) in [6.45, 7) is 6.18. The van der Waals surface area contributed by atoms with Crippen LogP contribution in [0.25, 0.3) is 0 Å². The molecule has 0 spiro atoms. The fourth-order valence-electron chi connectivity index (χ4n) is 2.60. The quantitative estimate of drug-likeness (QED) is 0.756. The molecule has 1 aromatic rings. The average Bonchev–Trinajstić information content (AvgIpc) is 2.61. The summed E-state index contributed by atoms with van der Waals surface area (Å²) in [6.07, 6.45) is 2.18. The highest BCUT2D eigenvalue weighted by Crippen LogP contribution is 2.27. The molecule has 0 aliphatic carbocycles. The number of benzene rings is 1. The van der Waals surface area contributed by atoms with Gasteiger partial charge in [-0.2, -0.15) is 0 Å². The maximum absolute atomic E-state index is 12.5. The Kier molecular flexibility index (Phi) is 3.09. The van der Waals surface area contributed by atoms with E-state index in [-0.39, 0.29) is 5.91 Å². The van der Waals surface area contributed by atoms with Gasteiger partial charge in [-0.25, -0.2) is 0 Å². The number of hydrogen-bond acceptors (Lipinski definition) is 2. The molecule has 0 radical (unpaired) electrons. The highest BCUT2D eigenvalue weighted by atomic mass is 16.2. The molecule has 1 fully saturated rings. The van der Waals surface area contributed by atoms with E-state index in [1.54, 1.807) is 6.07 Å². The van der Waals surface area contributed by atoms with Crippen LogP contribution < -0.4 is 5.73 Å². The van der Waals surface area contributed by atoms with Crippen LogP contribution in [0.3, 0.4) is 0 Å². The number of hydrogen-bond donors (Lipinski definition) is 1. The van der Waals surface area contributed by atoms with Gasteiger partial charge in [0, 0.05) is 23.3 Å². The third-order valence-electron chi connectivity index (χ3n) is 3.68. The van der Waals surface area contributed by atoms with Crippen LogP contribution in [0.15, 0.2) is 18.2 Å². The molecule has 1 aliphatic heterocycles. The molecule has 3 nitrogen and oxygen atoms in total. The highest BCUT2D eigenvalue weighted by molar-refractivity contribution is 5.97. The zero-order valence-electron chi connectivity index (χ0n) is 10.7. The van der Waals surface area contributed by atoms with Gasteiger partial charge in [0.1, 0.15) is 0 Å². The number of anilines is 1. The second-order valence-corrected chi connectivity index (χ2v) is 5.06. The van der Waals surface area contributed by atoms with E-state index in [0.29, 0.717) is 17.8 Å². The second-order valence-electron chi connectivity index (χ2n) is 5.06. The molecular weight excluding hydrogens is 212 g/mol. The summed E-state index contributed by atoms with van der Waals surface area (Å²) in [7, 11) is 0. The lowest BCUT2D eigenvalue weighted by Crippen LogP contribution is -2.38. The van der Waals surface area contributed by atoms with Gasteiger partial charge in [-0.1, -0.05) is 6.07 Å². The molecule has 92 valence electrons. The van der Waals surface area contributed by atoms with Crippen LogP contribution in [0.5, 0.6) is 0 Å². The summed E-state index contributed by atoms with van der Waals surface area (Å²) in [5.41, 5.74) is 8.15. The number of aryl methyl sites for hydroxylation is 1. The van der Waals surface area contributed by atoms with Crippen molar-refractivity contribution in [3.63, 3.8) is 0 Å². The van der Waals surface area contributed by atoms with Crippen molar-refractivity contribution >= 4 is 11.6 Å². The predicted molar refractivity (Wildman–Crippen MR) is 69.9 cm³/mol. The van der Waals surface area contributed by atoms with E-state index in [1.807, 2.05) is 24.0 Å². The summed E-state index contributed by atoms with van der Waals surface area (Å²) < 4.78 is 0. The SMILES string of the molecule is Cc1ccc(N)cc1C(=O)N1C(C)CCC1C. The zero-order chi connectivity index (χ0) is 12.6. The first-order valence-electron chi connectivity index (χ1n) is 6.19. The molecule has 3 heteroatoms. The van der Waals surface area contributed by atoms with Crippen LogP contribution in [-0.2, 0) is 0 Å². The van der Waals surface area contributed by atoms with Crippen molar-refractivity contribution in [1.29, 1.82) is 0 Å². The van der Waals surface area contributed by atoms with Crippen molar-refractivity contribution in [2.75, 3.05) is 5.73 Å². The molecule has 1 aromatic carbocycles. The van der Waals surface area contributed by atoms with E-state index >= 15 is 0 Å². The fourth-order valence-corrected chi connectivity index (χ4v) is 2.60. The second kappa shape index (κ2) is 4.40.